The quantitative estimate of drug-likeness (QED) is 0.470. The molecule has 6 heteroatoms. The summed E-state index contributed by atoms with van der Waals surface area (Å²) in [5, 5.41) is 0. The van der Waals surface area contributed by atoms with Crippen LogP contribution in [0.3, 0.4) is 0 Å². The smallest absolute Gasteiger partial charge is 0.329 e. The molecular weight excluding hydrogens is 375 g/mol. The van der Waals surface area contributed by atoms with Crippen molar-refractivity contribution in [2.45, 2.75) is 91.9 Å². The van der Waals surface area contributed by atoms with E-state index in [2.05, 4.69) is 27.7 Å². The Morgan fingerprint density at radius 2 is 0.857 bits per heavy atom. The van der Waals surface area contributed by atoms with Crippen molar-refractivity contribution in [2.24, 2.45) is 10.8 Å². The van der Waals surface area contributed by atoms with Crippen molar-refractivity contribution in [3.63, 3.8) is 0 Å². The second kappa shape index (κ2) is 15.1. The zero-order chi connectivity index (χ0) is 20.7. The van der Waals surface area contributed by atoms with Crippen LogP contribution in [0.5, 0.6) is 0 Å². The molecule has 1 fully saturated rings. The molecule has 1 rings (SSSR count). The Kier molecular flexibility index (Phi) is 14.2. The molecule has 5 nitrogen and oxygen atoms in total. The molecule has 1 heterocycles. The molecule has 0 saturated carbocycles. The van der Waals surface area contributed by atoms with Crippen LogP contribution >= 0.6 is 8.60 Å². The van der Waals surface area contributed by atoms with Crippen LogP contribution in [0.15, 0.2) is 0 Å². The standard InChI is InChI=1S/C22H45O5P/c1-21(2)17-24-15-13-11-9-7-5-6-8-10-12-14-16-25-18-22(3,4)20-27-28(23)26-19-21/h23H,5-20H2,1-4H3. The van der Waals surface area contributed by atoms with Gasteiger partial charge in [-0.15, -0.1) is 0 Å². The minimum absolute atomic E-state index is 0.138. The van der Waals surface area contributed by atoms with Gasteiger partial charge in [0, 0.05) is 24.0 Å². The summed E-state index contributed by atoms with van der Waals surface area (Å²) in [6.07, 6.45) is 12.8. The van der Waals surface area contributed by atoms with Crippen molar-refractivity contribution in [1.82, 2.24) is 0 Å². The van der Waals surface area contributed by atoms with Crippen molar-refractivity contribution in [2.75, 3.05) is 39.6 Å². The van der Waals surface area contributed by atoms with E-state index < -0.39 is 8.60 Å². The molecule has 0 aliphatic carbocycles. The van der Waals surface area contributed by atoms with Crippen molar-refractivity contribution in [1.29, 1.82) is 0 Å². The third kappa shape index (κ3) is 15.1. The topological polar surface area (TPSA) is 57.2 Å². The summed E-state index contributed by atoms with van der Waals surface area (Å²) in [5.74, 6) is 0. The van der Waals surface area contributed by atoms with Gasteiger partial charge in [-0.3, -0.25) is 0 Å². The second-order valence-corrected chi connectivity index (χ2v) is 10.7. The van der Waals surface area contributed by atoms with Gasteiger partial charge in [-0.2, -0.15) is 0 Å². The van der Waals surface area contributed by atoms with Gasteiger partial charge in [-0.1, -0.05) is 79.1 Å². The van der Waals surface area contributed by atoms with Crippen LogP contribution in [0, 0.1) is 10.8 Å². The molecule has 0 atom stereocenters. The summed E-state index contributed by atoms with van der Waals surface area (Å²) in [4.78, 5) is 10.1. The molecule has 0 amide bonds. The van der Waals surface area contributed by atoms with Crippen LogP contribution in [0.1, 0.15) is 91.9 Å². The lowest BCUT2D eigenvalue weighted by atomic mass is 9.96. The van der Waals surface area contributed by atoms with E-state index in [1.165, 1.54) is 51.4 Å². The maximum atomic E-state index is 10.1. The Morgan fingerprint density at radius 3 is 1.21 bits per heavy atom. The van der Waals surface area contributed by atoms with Gasteiger partial charge >= 0.3 is 8.60 Å². The van der Waals surface area contributed by atoms with E-state index in [4.69, 9.17) is 18.5 Å². The van der Waals surface area contributed by atoms with Gasteiger partial charge in [0.1, 0.15) is 0 Å². The molecule has 0 aromatic heterocycles. The summed E-state index contributed by atoms with van der Waals surface area (Å²) in [6.45, 7) is 12.1. The Morgan fingerprint density at radius 1 is 0.536 bits per heavy atom. The fraction of sp³-hybridized carbons (Fsp3) is 1.00. The highest BCUT2D eigenvalue weighted by molar-refractivity contribution is 7.40. The second-order valence-electron chi connectivity index (χ2n) is 9.75. The van der Waals surface area contributed by atoms with E-state index in [1.54, 1.807) is 0 Å². The fourth-order valence-corrected chi connectivity index (χ4v) is 4.09. The molecule has 0 aromatic rings. The first-order valence-corrected chi connectivity index (χ1v) is 12.3. The first-order valence-electron chi connectivity index (χ1n) is 11.2. The zero-order valence-corrected chi connectivity index (χ0v) is 19.7. The molecular formula is C22H45O5P. The van der Waals surface area contributed by atoms with Crippen molar-refractivity contribution >= 4 is 8.60 Å². The lowest BCUT2D eigenvalue weighted by Crippen LogP contribution is -2.27. The van der Waals surface area contributed by atoms with Gasteiger partial charge in [0.2, 0.25) is 0 Å². The monoisotopic (exact) mass is 420 g/mol. The van der Waals surface area contributed by atoms with Crippen LogP contribution in [0.2, 0.25) is 0 Å². The average Bonchev–Trinajstić information content (AvgIpc) is 2.64. The zero-order valence-electron chi connectivity index (χ0n) is 18.8. The van der Waals surface area contributed by atoms with Gasteiger partial charge in [0.05, 0.1) is 26.4 Å². The Hall–Kier alpha value is 0.230. The van der Waals surface area contributed by atoms with Crippen LogP contribution in [0.25, 0.3) is 0 Å². The lowest BCUT2D eigenvalue weighted by molar-refractivity contribution is 0.0139. The largest absolute Gasteiger partial charge is 0.381 e. The van der Waals surface area contributed by atoms with E-state index in [0.717, 1.165) is 26.1 Å². The van der Waals surface area contributed by atoms with Crippen LogP contribution in [0.4, 0.5) is 0 Å². The van der Waals surface area contributed by atoms with Gasteiger partial charge in [0.15, 0.2) is 0 Å². The Bertz CT molecular complexity index is 342. The van der Waals surface area contributed by atoms with Crippen LogP contribution in [-0.4, -0.2) is 44.5 Å². The predicted octanol–water partition coefficient (Wildman–Crippen LogP) is 6.24. The maximum absolute atomic E-state index is 10.1. The minimum atomic E-state index is -1.87. The van der Waals surface area contributed by atoms with Crippen molar-refractivity contribution < 1.29 is 23.4 Å². The van der Waals surface area contributed by atoms with E-state index in [9.17, 15) is 4.89 Å². The van der Waals surface area contributed by atoms with E-state index in [0.29, 0.717) is 26.4 Å². The molecule has 28 heavy (non-hydrogen) atoms. The molecule has 1 N–H and O–H groups in total. The summed E-state index contributed by atoms with van der Waals surface area (Å²) in [7, 11) is -1.87. The van der Waals surface area contributed by atoms with Gasteiger partial charge < -0.3 is 23.4 Å². The van der Waals surface area contributed by atoms with Gasteiger partial charge in [0.25, 0.3) is 0 Å². The van der Waals surface area contributed by atoms with E-state index in [-0.39, 0.29) is 10.8 Å². The SMILES string of the molecule is CC1(C)COCCCCCCCCCCCCOCC(C)(C)COP(O)OC1. The van der Waals surface area contributed by atoms with Gasteiger partial charge in [-0.05, 0) is 12.8 Å². The van der Waals surface area contributed by atoms with Crippen molar-refractivity contribution in [3.8, 4) is 0 Å². The minimum Gasteiger partial charge on any atom is -0.381 e. The highest BCUT2D eigenvalue weighted by Crippen LogP contribution is 2.37. The van der Waals surface area contributed by atoms with Crippen LogP contribution in [-0.2, 0) is 18.5 Å². The summed E-state index contributed by atoms with van der Waals surface area (Å²) in [5.41, 5.74) is -0.277. The van der Waals surface area contributed by atoms with Crippen molar-refractivity contribution in [3.05, 3.63) is 0 Å². The molecule has 168 valence electrons. The summed E-state index contributed by atoms with van der Waals surface area (Å²) in [6, 6.07) is 0. The molecule has 1 aliphatic heterocycles. The predicted molar refractivity (Wildman–Crippen MR) is 116 cm³/mol. The summed E-state index contributed by atoms with van der Waals surface area (Å²) >= 11 is 0. The number of rotatable bonds is 0. The first-order chi connectivity index (χ1) is 13.3. The third-order valence-electron chi connectivity index (χ3n) is 4.94. The fourth-order valence-electron chi connectivity index (χ4n) is 3.10. The Labute approximate surface area is 174 Å². The molecule has 0 aromatic carbocycles. The number of ether oxygens (including phenoxy) is 2. The van der Waals surface area contributed by atoms with Crippen LogP contribution < -0.4 is 0 Å². The van der Waals surface area contributed by atoms with E-state index in [1.807, 2.05) is 0 Å². The van der Waals surface area contributed by atoms with Gasteiger partial charge in [-0.25, -0.2) is 0 Å². The normalized spacial score (nSPS) is 26.5. The number of hydrogen-bond donors (Lipinski definition) is 1. The average molecular weight is 421 g/mol. The Balaban J connectivity index is 2.38. The first kappa shape index (κ1) is 26.3. The molecule has 1 aliphatic rings. The third-order valence-corrected chi connectivity index (χ3v) is 5.64. The number of hydrogen-bond acceptors (Lipinski definition) is 5. The molecule has 1 saturated heterocycles. The molecule has 0 spiro atoms. The lowest BCUT2D eigenvalue weighted by Gasteiger charge is -2.27. The maximum Gasteiger partial charge on any atom is 0.329 e. The molecule has 0 radical (unpaired) electrons. The van der Waals surface area contributed by atoms with E-state index >= 15 is 0 Å². The molecule has 0 bridgehead atoms. The summed E-state index contributed by atoms with van der Waals surface area (Å²) < 4.78 is 22.8. The molecule has 0 unspecified atom stereocenters. The highest BCUT2D eigenvalue weighted by Gasteiger charge is 2.24. The highest BCUT2D eigenvalue weighted by atomic mass is 31.2.